The Bertz CT molecular complexity index is 520. The van der Waals surface area contributed by atoms with Crippen LogP contribution in [0.3, 0.4) is 0 Å². The fourth-order valence-corrected chi connectivity index (χ4v) is 3.29. The smallest absolute Gasteiger partial charge is 0.170 e. The third kappa shape index (κ3) is 3.87. The van der Waals surface area contributed by atoms with Crippen LogP contribution in [0.4, 0.5) is 4.39 Å². The van der Waals surface area contributed by atoms with Gasteiger partial charge in [-0.15, -0.1) is 0 Å². The Morgan fingerprint density at radius 1 is 0.958 bits per heavy atom. The first kappa shape index (κ1) is 16.2. The molecule has 4 rings (SSSR count). The van der Waals surface area contributed by atoms with E-state index >= 15 is 0 Å². The second kappa shape index (κ2) is 7.33. The SMILES string of the molecule is Fc1ccc(OC2CO[C@H]3CN(CC4OCCO4)C[C@@H]3OC2)cc1. The number of nitrogens with zero attached hydrogens (tertiary/aromatic N) is 1. The van der Waals surface area contributed by atoms with Gasteiger partial charge in [0.05, 0.1) is 38.6 Å². The van der Waals surface area contributed by atoms with E-state index in [1.54, 1.807) is 12.1 Å². The largest absolute Gasteiger partial charge is 0.486 e. The summed E-state index contributed by atoms with van der Waals surface area (Å²) in [6, 6.07) is 6.00. The van der Waals surface area contributed by atoms with Gasteiger partial charge in [0.1, 0.15) is 17.7 Å². The second-order valence-corrected chi connectivity index (χ2v) is 6.33. The number of hydrogen-bond acceptors (Lipinski definition) is 6. The number of hydrogen-bond donors (Lipinski definition) is 0. The summed E-state index contributed by atoms with van der Waals surface area (Å²) in [5.74, 6) is 0.346. The minimum atomic E-state index is -0.277. The van der Waals surface area contributed by atoms with Gasteiger partial charge in [0.2, 0.25) is 0 Å². The van der Waals surface area contributed by atoms with Gasteiger partial charge in [-0.3, -0.25) is 4.90 Å². The molecule has 24 heavy (non-hydrogen) atoms. The van der Waals surface area contributed by atoms with Gasteiger partial charge in [0, 0.05) is 19.6 Å². The number of rotatable bonds is 4. The first-order valence-electron chi connectivity index (χ1n) is 8.37. The van der Waals surface area contributed by atoms with Crippen LogP contribution >= 0.6 is 0 Å². The lowest BCUT2D eigenvalue weighted by molar-refractivity contribution is -0.0628. The van der Waals surface area contributed by atoms with Gasteiger partial charge < -0.3 is 23.7 Å². The van der Waals surface area contributed by atoms with Crippen molar-refractivity contribution < 1.29 is 28.1 Å². The van der Waals surface area contributed by atoms with Crippen LogP contribution in [0.25, 0.3) is 0 Å². The lowest BCUT2D eigenvalue weighted by Crippen LogP contribution is -2.34. The van der Waals surface area contributed by atoms with Crippen LogP contribution < -0.4 is 4.74 Å². The van der Waals surface area contributed by atoms with Crippen molar-refractivity contribution >= 4 is 0 Å². The molecule has 0 spiro atoms. The van der Waals surface area contributed by atoms with Gasteiger partial charge in [-0.25, -0.2) is 4.39 Å². The van der Waals surface area contributed by atoms with Crippen LogP contribution in [-0.4, -0.2) is 75.6 Å². The monoisotopic (exact) mass is 339 g/mol. The van der Waals surface area contributed by atoms with E-state index in [4.69, 9.17) is 23.7 Å². The van der Waals surface area contributed by atoms with Crippen molar-refractivity contribution in [2.24, 2.45) is 0 Å². The fourth-order valence-electron chi connectivity index (χ4n) is 3.29. The van der Waals surface area contributed by atoms with Crippen LogP contribution in [0.1, 0.15) is 0 Å². The summed E-state index contributed by atoms with van der Waals surface area (Å²) in [7, 11) is 0. The van der Waals surface area contributed by atoms with Gasteiger partial charge in [-0.1, -0.05) is 0 Å². The molecule has 0 bridgehead atoms. The van der Waals surface area contributed by atoms with E-state index in [2.05, 4.69) is 4.90 Å². The van der Waals surface area contributed by atoms with E-state index in [0.717, 1.165) is 19.6 Å². The average molecular weight is 339 g/mol. The van der Waals surface area contributed by atoms with E-state index < -0.39 is 0 Å². The summed E-state index contributed by atoms with van der Waals surface area (Å²) in [4.78, 5) is 2.26. The maximum atomic E-state index is 12.9. The Labute approximate surface area is 140 Å². The zero-order valence-electron chi connectivity index (χ0n) is 13.4. The molecule has 0 radical (unpaired) electrons. The molecule has 0 unspecified atom stereocenters. The molecule has 3 heterocycles. The fraction of sp³-hybridized carbons (Fsp3) is 0.647. The van der Waals surface area contributed by atoms with E-state index in [1.807, 2.05) is 0 Å². The van der Waals surface area contributed by atoms with Crippen molar-refractivity contribution in [1.82, 2.24) is 4.90 Å². The van der Waals surface area contributed by atoms with Gasteiger partial charge in [0.25, 0.3) is 0 Å². The molecule has 3 aliphatic heterocycles. The minimum absolute atomic E-state index is 0.0354. The Kier molecular flexibility index (Phi) is 4.96. The first-order chi connectivity index (χ1) is 11.8. The molecule has 132 valence electrons. The maximum Gasteiger partial charge on any atom is 0.170 e. The topological polar surface area (TPSA) is 49.4 Å². The molecule has 0 saturated carbocycles. The molecule has 3 saturated heterocycles. The molecule has 3 fully saturated rings. The van der Waals surface area contributed by atoms with E-state index in [1.165, 1.54) is 12.1 Å². The van der Waals surface area contributed by atoms with E-state index in [0.29, 0.717) is 32.2 Å². The molecule has 0 amide bonds. The van der Waals surface area contributed by atoms with Gasteiger partial charge in [-0.2, -0.15) is 0 Å². The predicted molar refractivity (Wildman–Crippen MR) is 82.4 cm³/mol. The summed E-state index contributed by atoms with van der Waals surface area (Å²) >= 11 is 0. The summed E-state index contributed by atoms with van der Waals surface area (Å²) in [5, 5.41) is 0. The molecule has 7 heteroatoms. The van der Waals surface area contributed by atoms with Crippen LogP contribution in [0.5, 0.6) is 5.75 Å². The third-order valence-corrected chi connectivity index (χ3v) is 4.50. The van der Waals surface area contributed by atoms with Crippen LogP contribution in [0, 0.1) is 5.82 Å². The van der Waals surface area contributed by atoms with Gasteiger partial charge in [0.15, 0.2) is 6.29 Å². The van der Waals surface area contributed by atoms with Crippen LogP contribution in [0.15, 0.2) is 24.3 Å². The highest BCUT2D eigenvalue weighted by molar-refractivity contribution is 5.22. The Hall–Kier alpha value is -1.25. The van der Waals surface area contributed by atoms with Crippen molar-refractivity contribution in [3.05, 3.63) is 30.1 Å². The Morgan fingerprint density at radius 2 is 1.58 bits per heavy atom. The Morgan fingerprint density at radius 3 is 2.21 bits per heavy atom. The van der Waals surface area contributed by atoms with Crippen molar-refractivity contribution in [3.8, 4) is 5.75 Å². The third-order valence-electron chi connectivity index (χ3n) is 4.50. The molecule has 1 aromatic carbocycles. The molecule has 1 aromatic rings. The lowest BCUT2D eigenvalue weighted by atomic mass is 10.3. The summed E-state index contributed by atoms with van der Waals surface area (Å²) in [6.07, 6.45) is -0.251. The van der Waals surface area contributed by atoms with Crippen molar-refractivity contribution in [1.29, 1.82) is 0 Å². The quantitative estimate of drug-likeness (QED) is 0.817. The Balaban J connectivity index is 1.27. The van der Waals surface area contributed by atoms with Crippen molar-refractivity contribution in [3.63, 3.8) is 0 Å². The number of halogens is 1. The molecular weight excluding hydrogens is 317 g/mol. The summed E-state index contributed by atoms with van der Waals surface area (Å²) < 4.78 is 41.7. The molecule has 0 N–H and O–H groups in total. The van der Waals surface area contributed by atoms with E-state index in [9.17, 15) is 4.39 Å². The lowest BCUT2D eigenvalue weighted by Gasteiger charge is -2.21. The highest BCUT2D eigenvalue weighted by Crippen LogP contribution is 2.23. The molecule has 0 aromatic heterocycles. The summed E-state index contributed by atoms with van der Waals surface area (Å²) in [6.45, 7) is 4.61. The van der Waals surface area contributed by atoms with Crippen molar-refractivity contribution in [2.45, 2.75) is 24.6 Å². The molecule has 0 aliphatic carbocycles. The van der Waals surface area contributed by atoms with Crippen molar-refractivity contribution in [2.75, 3.05) is 46.1 Å². The predicted octanol–water partition coefficient (Wildman–Crippen LogP) is 1.05. The standard InChI is InChI=1S/C17H22FNO5/c18-12-1-3-13(4-2-12)24-14-10-22-15-7-19(8-16(15)23-11-14)9-17-20-5-6-21-17/h1-4,14-17H,5-11H2/t15-,16-/m0/s1. The molecule has 3 aliphatic rings. The number of ether oxygens (including phenoxy) is 5. The highest BCUT2D eigenvalue weighted by Gasteiger charge is 2.39. The zero-order chi connectivity index (χ0) is 16.4. The highest BCUT2D eigenvalue weighted by atomic mass is 19.1. The van der Waals surface area contributed by atoms with Gasteiger partial charge >= 0.3 is 0 Å². The van der Waals surface area contributed by atoms with Crippen LogP contribution in [-0.2, 0) is 18.9 Å². The van der Waals surface area contributed by atoms with Gasteiger partial charge in [-0.05, 0) is 24.3 Å². The minimum Gasteiger partial charge on any atom is -0.486 e. The zero-order valence-corrected chi connectivity index (χ0v) is 13.4. The van der Waals surface area contributed by atoms with Crippen LogP contribution in [0.2, 0.25) is 0 Å². The first-order valence-corrected chi connectivity index (χ1v) is 8.37. The summed E-state index contributed by atoms with van der Waals surface area (Å²) in [5.41, 5.74) is 0. The average Bonchev–Trinajstić information content (AvgIpc) is 3.18. The molecule has 2 atom stereocenters. The van der Waals surface area contributed by atoms with E-state index in [-0.39, 0.29) is 30.4 Å². The second-order valence-electron chi connectivity index (χ2n) is 6.33. The molecular formula is C17H22FNO5. The number of fused-ring (bicyclic) bond motifs is 1. The molecule has 6 nitrogen and oxygen atoms in total. The number of benzene rings is 1. The maximum absolute atomic E-state index is 12.9. The normalized spacial score (nSPS) is 29.5. The number of likely N-dealkylation sites (tertiary alicyclic amines) is 1.